The number of aliphatic hydroxyl groups is 1. The second-order valence-electron chi connectivity index (χ2n) is 8.71. The summed E-state index contributed by atoms with van der Waals surface area (Å²) in [6, 6.07) is 0. The zero-order valence-electron chi connectivity index (χ0n) is 18.5. The van der Waals surface area contributed by atoms with E-state index in [0.717, 1.165) is 18.6 Å². The molecule has 0 amide bonds. The summed E-state index contributed by atoms with van der Waals surface area (Å²) in [5.74, 6) is -0.612. The van der Waals surface area contributed by atoms with Crippen LogP contribution < -0.4 is 0 Å². The van der Waals surface area contributed by atoms with Gasteiger partial charge in [0, 0.05) is 18.1 Å². The summed E-state index contributed by atoms with van der Waals surface area (Å²) in [6.45, 7) is 2.27. The third-order valence-corrected chi connectivity index (χ3v) is 7.76. The molecule has 0 aliphatic heterocycles. The van der Waals surface area contributed by atoms with E-state index in [2.05, 4.69) is 11.4 Å². The predicted octanol–water partition coefficient (Wildman–Crippen LogP) is 6.94. The Morgan fingerprint density at radius 2 is 1.38 bits per heavy atom. The van der Waals surface area contributed by atoms with Gasteiger partial charge in [0.15, 0.2) is 5.79 Å². The molecular formula is C22H45O5PS. The van der Waals surface area contributed by atoms with Crippen LogP contribution in [-0.2, 0) is 9.09 Å². The van der Waals surface area contributed by atoms with Crippen molar-refractivity contribution in [3.8, 4) is 0 Å². The normalized spacial score (nSPS) is 22.8. The maximum Gasteiger partial charge on any atom is 0.472 e. The second-order valence-corrected chi connectivity index (χ2v) is 11.3. The molecule has 174 valence electrons. The number of rotatable bonds is 18. The highest BCUT2D eigenvalue weighted by Crippen LogP contribution is 2.47. The van der Waals surface area contributed by atoms with E-state index in [0.29, 0.717) is 12.8 Å². The fourth-order valence-corrected chi connectivity index (χ4v) is 6.18. The fraction of sp³-hybridized carbons (Fsp3) is 1.00. The number of phosphoric ester groups is 1. The maximum absolute atomic E-state index is 11.0. The molecular weight excluding hydrogens is 407 g/mol. The van der Waals surface area contributed by atoms with Gasteiger partial charge in [0.05, 0.1) is 0 Å². The Labute approximate surface area is 183 Å². The smallest absolute Gasteiger partial charge is 0.365 e. The Hall–Kier alpha value is 0.420. The number of hydrogen-bond acceptors (Lipinski definition) is 4. The van der Waals surface area contributed by atoms with Gasteiger partial charge in [-0.05, 0) is 25.0 Å². The van der Waals surface area contributed by atoms with Gasteiger partial charge in [0.25, 0.3) is 0 Å². The Bertz CT molecular complexity index is 445. The molecule has 0 aromatic rings. The quantitative estimate of drug-likeness (QED) is 0.119. The zero-order valence-corrected chi connectivity index (χ0v) is 20.2. The van der Waals surface area contributed by atoms with Gasteiger partial charge in [-0.25, -0.2) is 4.57 Å². The molecule has 0 aromatic heterocycles. The molecule has 2 unspecified atom stereocenters. The van der Waals surface area contributed by atoms with Crippen molar-refractivity contribution in [3.05, 3.63) is 0 Å². The summed E-state index contributed by atoms with van der Waals surface area (Å²) < 4.78 is 15.7. The molecule has 1 saturated carbocycles. The number of thioether (sulfide) groups is 1. The molecule has 1 aliphatic rings. The van der Waals surface area contributed by atoms with E-state index >= 15 is 0 Å². The lowest BCUT2D eigenvalue weighted by Gasteiger charge is -2.35. The van der Waals surface area contributed by atoms with Gasteiger partial charge in [-0.3, -0.25) is 4.52 Å². The van der Waals surface area contributed by atoms with Gasteiger partial charge in [-0.1, -0.05) is 90.4 Å². The third-order valence-electron chi connectivity index (χ3n) is 5.78. The maximum atomic E-state index is 11.0. The average Bonchev–Trinajstić information content (AvgIpc) is 2.63. The van der Waals surface area contributed by atoms with E-state index in [1.165, 1.54) is 89.9 Å². The summed E-state index contributed by atoms with van der Waals surface area (Å²) in [7, 11) is -4.65. The molecule has 1 fully saturated rings. The van der Waals surface area contributed by atoms with Crippen LogP contribution in [0.1, 0.15) is 122 Å². The molecule has 29 heavy (non-hydrogen) atoms. The van der Waals surface area contributed by atoms with E-state index in [1.54, 1.807) is 0 Å². The Morgan fingerprint density at radius 3 is 1.86 bits per heavy atom. The van der Waals surface area contributed by atoms with Crippen LogP contribution in [0.5, 0.6) is 0 Å². The van der Waals surface area contributed by atoms with Crippen molar-refractivity contribution in [1.82, 2.24) is 0 Å². The van der Waals surface area contributed by atoms with E-state index in [4.69, 9.17) is 9.79 Å². The van der Waals surface area contributed by atoms with Crippen LogP contribution >= 0.6 is 19.6 Å². The van der Waals surface area contributed by atoms with Crippen molar-refractivity contribution in [2.45, 2.75) is 134 Å². The highest BCUT2D eigenvalue weighted by atomic mass is 32.2. The first-order valence-corrected chi connectivity index (χ1v) is 14.5. The lowest BCUT2D eigenvalue weighted by atomic mass is 9.94. The van der Waals surface area contributed by atoms with Crippen molar-refractivity contribution in [3.63, 3.8) is 0 Å². The highest BCUT2D eigenvalue weighted by Gasteiger charge is 2.40. The molecule has 0 aromatic carbocycles. The van der Waals surface area contributed by atoms with Crippen LogP contribution in [0.15, 0.2) is 0 Å². The number of hydrogen-bond donors (Lipinski definition) is 3. The van der Waals surface area contributed by atoms with E-state index in [9.17, 15) is 9.67 Å². The Balaban J connectivity index is 1.90. The third kappa shape index (κ3) is 15.8. The molecule has 2 atom stereocenters. The van der Waals surface area contributed by atoms with Crippen molar-refractivity contribution >= 4 is 19.6 Å². The minimum atomic E-state index is -4.65. The molecule has 5 nitrogen and oxygen atoms in total. The van der Waals surface area contributed by atoms with Gasteiger partial charge in [-0.2, -0.15) is 11.8 Å². The zero-order chi connectivity index (χ0) is 21.4. The summed E-state index contributed by atoms with van der Waals surface area (Å²) in [6.07, 6.45) is 21.3. The lowest BCUT2D eigenvalue weighted by Crippen LogP contribution is -2.38. The van der Waals surface area contributed by atoms with Crippen LogP contribution in [0.25, 0.3) is 0 Å². The van der Waals surface area contributed by atoms with E-state index < -0.39 is 13.6 Å². The monoisotopic (exact) mass is 452 g/mol. The number of phosphoric acid groups is 1. The molecule has 0 heterocycles. The van der Waals surface area contributed by atoms with Crippen LogP contribution in [0.2, 0.25) is 0 Å². The minimum absolute atomic E-state index is 0.224. The Kier molecular flexibility index (Phi) is 15.3. The van der Waals surface area contributed by atoms with Gasteiger partial charge in [0.1, 0.15) is 0 Å². The van der Waals surface area contributed by atoms with Crippen LogP contribution in [0, 0.1) is 0 Å². The average molecular weight is 453 g/mol. The van der Waals surface area contributed by atoms with Crippen LogP contribution in [0.3, 0.4) is 0 Å². The first-order valence-electron chi connectivity index (χ1n) is 11.9. The largest absolute Gasteiger partial charge is 0.472 e. The van der Waals surface area contributed by atoms with Crippen LogP contribution in [0.4, 0.5) is 0 Å². The van der Waals surface area contributed by atoms with Crippen molar-refractivity contribution in [2.24, 2.45) is 0 Å². The molecule has 1 aliphatic carbocycles. The molecule has 0 spiro atoms. The van der Waals surface area contributed by atoms with Crippen molar-refractivity contribution in [2.75, 3.05) is 5.75 Å². The Morgan fingerprint density at radius 1 is 0.897 bits per heavy atom. The summed E-state index contributed by atoms with van der Waals surface area (Å²) in [5, 5.41) is 10.5. The van der Waals surface area contributed by atoms with Gasteiger partial charge in [0.2, 0.25) is 0 Å². The summed E-state index contributed by atoms with van der Waals surface area (Å²) in [4.78, 5) is 17.9. The van der Waals surface area contributed by atoms with Crippen molar-refractivity contribution in [1.29, 1.82) is 0 Å². The van der Waals surface area contributed by atoms with Crippen molar-refractivity contribution < 1.29 is 24.0 Å². The first-order chi connectivity index (χ1) is 13.8. The standard InChI is InChI=1S/C22H45O5PS/c1-2-3-4-5-6-7-8-9-10-11-12-13-14-15-19-29-21-17-16-18-22(23,20-21)27-28(24,25)26/h21,23H,2-20H2,1H3,(H2,24,25,26). The second kappa shape index (κ2) is 16.1. The summed E-state index contributed by atoms with van der Waals surface area (Å²) >= 11 is 1.82. The molecule has 0 radical (unpaired) electrons. The molecule has 0 saturated heterocycles. The SMILES string of the molecule is CCCCCCCCCCCCCCCCSC1CCCC(O)(OP(=O)(O)O)C1. The van der Waals surface area contributed by atoms with E-state index in [-0.39, 0.29) is 5.25 Å². The van der Waals surface area contributed by atoms with E-state index in [1.807, 2.05) is 11.8 Å². The van der Waals surface area contributed by atoms with Gasteiger partial charge in [-0.15, -0.1) is 0 Å². The summed E-state index contributed by atoms with van der Waals surface area (Å²) in [5.41, 5.74) is 0. The number of unbranched alkanes of at least 4 members (excludes halogenated alkanes) is 13. The molecule has 0 bridgehead atoms. The fourth-order valence-electron chi connectivity index (χ4n) is 4.16. The first kappa shape index (κ1) is 27.5. The lowest BCUT2D eigenvalue weighted by molar-refractivity contribution is -0.167. The predicted molar refractivity (Wildman–Crippen MR) is 123 cm³/mol. The molecule has 1 rings (SSSR count). The molecule has 7 heteroatoms. The van der Waals surface area contributed by atoms with Gasteiger partial charge >= 0.3 is 7.82 Å². The van der Waals surface area contributed by atoms with Gasteiger partial charge < -0.3 is 14.9 Å². The topological polar surface area (TPSA) is 87.0 Å². The molecule has 3 N–H and O–H groups in total. The van der Waals surface area contributed by atoms with Crippen LogP contribution in [-0.4, -0.2) is 31.7 Å². The minimum Gasteiger partial charge on any atom is -0.365 e. The highest BCUT2D eigenvalue weighted by molar-refractivity contribution is 7.99.